The fraction of sp³-hybridized carbons (Fsp3) is 0.259. The minimum Gasteiger partial charge on any atom is -0.493 e. The summed E-state index contributed by atoms with van der Waals surface area (Å²) in [4.78, 5) is 24.9. The molecule has 3 aromatic carbocycles. The van der Waals surface area contributed by atoms with Gasteiger partial charge in [0.1, 0.15) is 11.5 Å². The van der Waals surface area contributed by atoms with Gasteiger partial charge in [0.15, 0.2) is 6.10 Å². The fourth-order valence-corrected chi connectivity index (χ4v) is 3.08. The van der Waals surface area contributed by atoms with Gasteiger partial charge in [-0.15, -0.1) is 0 Å². The molecule has 6 nitrogen and oxygen atoms in total. The molecule has 0 radical (unpaired) electrons. The number of hydrogen-bond acceptors (Lipinski definition) is 4. The number of amides is 2. The van der Waals surface area contributed by atoms with Crippen LogP contribution in [-0.2, 0) is 4.79 Å². The Kier molecular flexibility index (Phi) is 8.47. The summed E-state index contributed by atoms with van der Waals surface area (Å²) in [5.74, 6) is 0.858. The summed E-state index contributed by atoms with van der Waals surface area (Å²) in [6.45, 7) is 6.59. The molecule has 0 saturated carbocycles. The largest absolute Gasteiger partial charge is 0.493 e. The summed E-state index contributed by atoms with van der Waals surface area (Å²) in [6, 6.07) is 24.4. The van der Waals surface area contributed by atoms with Gasteiger partial charge < -0.3 is 9.47 Å². The van der Waals surface area contributed by atoms with Crippen molar-refractivity contribution in [3.8, 4) is 22.6 Å². The Labute approximate surface area is 194 Å². The van der Waals surface area contributed by atoms with E-state index in [1.54, 1.807) is 24.3 Å². The first-order chi connectivity index (χ1) is 16.0. The molecule has 6 heteroatoms. The lowest BCUT2D eigenvalue weighted by atomic mass is 10.1. The number of carbonyl (C=O) groups is 2. The predicted octanol–water partition coefficient (Wildman–Crippen LogP) is 5.01. The van der Waals surface area contributed by atoms with Gasteiger partial charge in [-0.05, 0) is 59.9 Å². The lowest BCUT2D eigenvalue weighted by molar-refractivity contribution is -0.128. The standard InChI is InChI=1S/C27H30N2O4/c1-4-25(33-24-16-10-21(11-17-24)20-8-6-5-7-9-20)27(31)29-28-26(30)22-12-14-23(15-13-22)32-18-19(2)3/h5-17,19,25H,4,18H2,1-3H3,(H,28,30)(H,29,31). The van der Waals surface area contributed by atoms with Crippen LogP contribution in [0, 0.1) is 5.92 Å². The number of rotatable bonds is 9. The van der Waals surface area contributed by atoms with Gasteiger partial charge in [0.25, 0.3) is 11.8 Å². The van der Waals surface area contributed by atoms with Crippen LogP contribution in [0.25, 0.3) is 11.1 Å². The number of benzene rings is 3. The predicted molar refractivity (Wildman–Crippen MR) is 129 cm³/mol. The van der Waals surface area contributed by atoms with E-state index in [4.69, 9.17) is 9.47 Å². The molecule has 2 amide bonds. The van der Waals surface area contributed by atoms with Gasteiger partial charge in [-0.2, -0.15) is 0 Å². The van der Waals surface area contributed by atoms with E-state index in [1.807, 2.05) is 61.5 Å². The van der Waals surface area contributed by atoms with E-state index in [-0.39, 0.29) is 0 Å². The molecule has 0 fully saturated rings. The highest BCUT2D eigenvalue weighted by Crippen LogP contribution is 2.23. The summed E-state index contributed by atoms with van der Waals surface area (Å²) in [5, 5.41) is 0. The zero-order chi connectivity index (χ0) is 23.6. The van der Waals surface area contributed by atoms with Crippen LogP contribution in [0.3, 0.4) is 0 Å². The Morgan fingerprint density at radius 1 is 0.788 bits per heavy atom. The summed E-state index contributed by atoms with van der Waals surface area (Å²) in [5.41, 5.74) is 7.47. The van der Waals surface area contributed by atoms with Crippen molar-refractivity contribution < 1.29 is 19.1 Å². The fourth-order valence-electron chi connectivity index (χ4n) is 3.08. The molecule has 0 aliphatic heterocycles. The van der Waals surface area contributed by atoms with Crippen LogP contribution in [-0.4, -0.2) is 24.5 Å². The molecule has 1 unspecified atom stereocenters. The molecule has 0 saturated heterocycles. The molecule has 0 aliphatic carbocycles. The Bertz CT molecular complexity index is 1030. The van der Waals surface area contributed by atoms with Crippen LogP contribution >= 0.6 is 0 Å². The maximum Gasteiger partial charge on any atom is 0.279 e. The minimum atomic E-state index is -0.736. The maximum absolute atomic E-state index is 12.5. The third kappa shape index (κ3) is 7.10. The molecule has 3 aromatic rings. The number of carbonyl (C=O) groups excluding carboxylic acids is 2. The normalized spacial score (nSPS) is 11.5. The summed E-state index contributed by atoms with van der Waals surface area (Å²) < 4.78 is 11.5. The topological polar surface area (TPSA) is 76.7 Å². The van der Waals surface area contributed by atoms with E-state index in [0.29, 0.717) is 36.0 Å². The summed E-state index contributed by atoms with van der Waals surface area (Å²) >= 11 is 0. The second kappa shape index (κ2) is 11.7. The number of ether oxygens (including phenoxy) is 2. The summed E-state index contributed by atoms with van der Waals surface area (Å²) in [6.07, 6.45) is -0.288. The van der Waals surface area contributed by atoms with Crippen molar-refractivity contribution in [2.24, 2.45) is 5.92 Å². The molecule has 1 atom stereocenters. The van der Waals surface area contributed by atoms with E-state index in [9.17, 15) is 9.59 Å². The number of hydrogen-bond donors (Lipinski definition) is 2. The van der Waals surface area contributed by atoms with Crippen molar-refractivity contribution in [3.63, 3.8) is 0 Å². The van der Waals surface area contributed by atoms with Crippen molar-refractivity contribution in [2.45, 2.75) is 33.3 Å². The molecule has 3 rings (SSSR count). The van der Waals surface area contributed by atoms with E-state index >= 15 is 0 Å². The van der Waals surface area contributed by atoms with Gasteiger partial charge in [-0.1, -0.05) is 63.2 Å². The van der Waals surface area contributed by atoms with Gasteiger partial charge >= 0.3 is 0 Å². The molecular weight excluding hydrogens is 416 g/mol. The van der Waals surface area contributed by atoms with Gasteiger partial charge in [-0.25, -0.2) is 0 Å². The van der Waals surface area contributed by atoms with Crippen molar-refractivity contribution in [1.29, 1.82) is 0 Å². The van der Waals surface area contributed by atoms with Crippen molar-refractivity contribution in [3.05, 3.63) is 84.4 Å². The Morgan fingerprint density at radius 2 is 1.39 bits per heavy atom. The molecule has 33 heavy (non-hydrogen) atoms. The zero-order valence-electron chi connectivity index (χ0n) is 19.2. The third-order valence-electron chi connectivity index (χ3n) is 4.90. The third-order valence-corrected chi connectivity index (χ3v) is 4.90. The molecule has 0 heterocycles. The lowest BCUT2D eigenvalue weighted by Crippen LogP contribution is -2.47. The Balaban J connectivity index is 1.51. The van der Waals surface area contributed by atoms with E-state index in [2.05, 4.69) is 24.7 Å². The van der Waals surface area contributed by atoms with Crippen LogP contribution in [0.5, 0.6) is 11.5 Å². The first-order valence-electron chi connectivity index (χ1n) is 11.1. The van der Waals surface area contributed by atoms with E-state index in [1.165, 1.54) is 0 Å². The molecule has 0 spiro atoms. The van der Waals surface area contributed by atoms with Gasteiger partial charge in [0.2, 0.25) is 0 Å². The van der Waals surface area contributed by atoms with E-state index in [0.717, 1.165) is 11.1 Å². The average Bonchev–Trinajstić information content (AvgIpc) is 2.85. The van der Waals surface area contributed by atoms with Crippen molar-refractivity contribution in [2.75, 3.05) is 6.61 Å². The van der Waals surface area contributed by atoms with Gasteiger partial charge in [-0.3, -0.25) is 20.4 Å². The quantitative estimate of drug-likeness (QED) is 0.453. The van der Waals surface area contributed by atoms with Gasteiger partial charge in [0.05, 0.1) is 6.61 Å². The monoisotopic (exact) mass is 446 g/mol. The maximum atomic E-state index is 12.5. The second-order valence-electron chi connectivity index (χ2n) is 8.08. The average molecular weight is 447 g/mol. The molecule has 0 aromatic heterocycles. The number of nitrogens with one attached hydrogen (secondary N) is 2. The van der Waals surface area contributed by atoms with Crippen LogP contribution in [0.15, 0.2) is 78.9 Å². The number of hydrazine groups is 1. The zero-order valence-corrected chi connectivity index (χ0v) is 19.2. The highest BCUT2D eigenvalue weighted by molar-refractivity contribution is 5.95. The van der Waals surface area contributed by atoms with Gasteiger partial charge in [0, 0.05) is 5.56 Å². The van der Waals surface area contributed by atoms with Crippen LogP contribution in [0.1, 0.15) is 37.6 Å². The summed E-state index contributed by atoms with van der Waals surface area (Å²) in [7, 11) is 0. The van der Waals surface area contributed by atoms with Crippen molar-refractivity contribution >= 4 is 11.8 Å². The molecule has 0 bridgehead atoms. The van der Waals surface area contributed by atoms with E-state index < -0.39 is 17.9 Å². The molecule has 172 valence electrons. The Morgan fingerprint density at radius 3 is 2.00 bits per heavy atom. The first kappa shape index (κ1) is 23.9. The lowest BCUT2D eigenvalue weighted by Gasteiger charge is -2.18. The van der Waals surface area contributed by atoms with Crippen LogP contribution < -0.4 is 20.3 Å². The Hall–Kier alpha value is -3.80. The highest BCUT2D eigenvalue weighted by atomic mass is 16.5. The second-order valence-corrected chi connectivity index (χ2v) is 8.08. The SMILES string of the molecule is CCC(Oc1ccc(-c2ccccc2)cc1)C(=O)NNC(=O)c1ccc(OCC(C)C)cc1. The van der Waals surface area contributed by atoms with Crippen LogP contribution in [0.4, 0.5) is 0 Å². The minimum absolute atomic E-state index is 0.415. The molecule has 2 N–H and O–H groups in total. The molecule has 0 aliphatic rings. The molecular formula is C27H30N2O4. The smallest absolute Gasteiger partial charge is 0.279 e. The van der Waals surface area contributed by atoms with Crippen LogP contribution in [0.2, 0.25) is 0 Å². The highest BCUT2D eigenvalue weighted by Gasteiger charge is 2.19. The first-order valence-corrected chi connectivity index (χ1v) is 11.1. The van der Waals surface area contributed by atoms with Crippen molar-refractivity contribution in [1.82, 2.24) is 10.9 Å².